The molecule has 1 aliphatic carbocycles. The van der Waals surface area contributed by atoms with E-state index >= 15 is 4.39 Å². The van der Waals surface area contributed by atoms with Crippen LogP contribution >= 0.6 is 11.6 Å². The number of nitrogens with zero attached hydrogens (tertiary/aromatic N) is 5. The Labute approximate surface area is 234 Å². The van der Waals surface area contributed by atoms with Crippen molar-refractivity contribution in [3.63, 3.8) is 0 Å². The van der Waals surface area contributed by atoms with Crippen LogP contribution in [0.4, 0.5) is 18.9 Å². The number of rotatable bonds is 8. The molecule has 210 valence electrons. The largest absolute Gasteiger partial charge is 0.363 e. The fourth-order valence-corrected chi connectivity index (χ4v) is 6.56. The molecule has 0 atom stereocenters. The van der Waals surface area contributed by atoms with Crippen LogP contribution in [0.15, 0.2) is 59.8 Å². The number of ether oxygens (including phenoxy) is 1. The third-order valence-electron chi connectivity index (χ3n) is 6.80. The first kappa shape index (κ1) is 28.1. The quantitative estimate of drug-likeness (QED) is 0.174. The minimum Gasteiger partial charge on any atom is -0.363 e. The van der Waals surface area contributed by atoms with Crippen molar-refractivity contribution in [1.82, 2.24) is 19.7 Å². The summed E-state index contributed by atoms with van der Waals surface area (Å²) >= 11 is 6.04. The highest BCUT2D eigenvalue weighted by Gasteiger charge is 2.34. The maximum atomic E-state index is 16.3. The van der Waals surface area contributed by atoms with Crippen LogP contribution in [-0.2, 0) is 14.8 Å². The lowest BCUT2D eigenvalue weighted by Gasteiger charge is -2.25. The van der Waals surface area contributed by atoms with Gasteiger partial charge in [-0.2, -0.15) is 5.10 Å². The zero-order valence-electron chi connectivity index (χ0n) is 21.4. The van der Waals surface area contributed by atoms with Crippen LogP contribution in [0.3, 0.4) is 0 Å². The molecule has 0 radical (unpaired) electrons. The highest BCUT2D eigenvalue weighted by Crippen LogP contribution is 2.39. The molecule has 5 rings (SSSR count). The number of halogens is 4. The molecule has 0 amide bonds. The van der Waals surface area contributed by atoms with E-state index in [9.17, 15) is 17.2 Å². The predicted molar refractivity (Wildman–Crippen MR) is 144 cm³/mol. The van der Waals surface area contributed by atoms with Crippen molar-refractivity contribution < 1.29 is 26.3 Å². The summed E-state index contributed by atoms with van der Waals surface area (Å²) in [6.45, 7) is -0.707. The Balaban J connectivity index is 1.67. The van der Waals surface area contributed by atoms with Crippen molar-refractivity contribution in [2.45, 2.75) is 43.0 Å². The molecule has 40 heavy (non-hydrogen) atoms. The van der Waals surface area contributed by atoms with Crippen LogP contribution in [0.1, 0.15) is 38.1 Å². The lowest BCUT2D eigenvalue weighted by molar-refractivity contribution is 0.209. The summed E-state index contributed by atoms with van der Waals surface area (Å²) in [7, 11) is -3.74. The zero-order chi connectivity index (χ0) is 28.4. The van der Waals surface area contributed by atoms with Crippen LogP contribution in [0.2, 0.25) is 5.28 Å². The Morgan fingerprint density at radius 2 is 1.73 bits per heavy atom. The molecule has 2 heterocycles. The van der Waals surface area contributed by atoms with Gasteiger partial charge in [0, 0.05) is 30.6 Å². The maximum absolute atomic E-state index is 16.3. The van der Waals surface area contributed by atoms with Crippen molar-refractivity contribution in [2.24, 2.45) is 0 Å². The summed E-state index contributed by atoms with van der Waals surface area (Å²) in [5.41, 5.74) is 0.554. The van der Waals surface area contributed by atoms with E-state index in [2.05, 4.69) is 9.97 Å². The number of benzene rings is 2. The second-order valence-corrected chi connectivity index (χ2v) is 11.5. The van der Waals surface area contributed by atoms with Gasteiger partial charge in [-0.25, -0.2) is 35.9 Å². The van der Waals surface area contributed by atoms with E-state index in [4.69, 9.17) is 21.4 Å². The van der Waals surface area contributed by atoms with Crippen molar-refractivity contribution >= 4 is 27.3 Å². The van der Waals surface area contributed by atoms with Gasteiger partial charge in [-0.05, 0) is 54.8 Å². The molecule has 0 aliphatic heterocycles. The van der Waals surface area contributed by atoms with Gasteiger partial charge >= 0.3 is 0 Å². The van der Waals surface area contributed by atoms with Gasteiger partial charge in [-0.1, -0.05) is 31.4 Å². The molecule has 2 aromatic heterocycles. The third kappa shape index (κ3) is 5.30. The summed E-state index contributed by atoms with van der Waals surface area (Å²) in [6.07, 6.45) is 8.25. The molecule has 0 spiro atoms. The van der Waals surface area contributed by atoms with E-state index in [1.165, 1.54) is 31.5 Å². The Bertz CT molecular complexity index is 1620. The van der Waals surface area contributed by atoms with Gasteiger partial charge in [0.2, 0.25) is 5.28 Å². The van der Waals surface area contributed by atoms with Crippen molar-refractivity contribution in [3.8, 4) is 22.5 Å². The Kier molecular flexibility index (Phi) is 8.11. The minimum absolute atomic E-state index is 0.00707. The van der Waals surface area contributed by atoms with Crippen LogP contribution in [0.25, 0.3) is 22.5 Å². The number of hydrogen-bond acceptors (Lipinski definition) is 6. The summed E-state index contributed by atoms with van der Waals surface area (Å²) in [4.78, 5) is 6.97. The van der Waals surface area contributed by atoms with Crippen LogP contribution < -0.4 is 4.31 Å². The first-order valence-electron chi connectivity index (χ1n) is 12.5. The third-order valence-corrected chi connectivity index (χ3v) is 8.77. The predicted octanol–water partition coefficient (Wildman–Crippen LogP) is 6.38. The van der Waals surface area contributed by atoms with E-state index in [0.29, 0.717) is 15.6 Å². The lowest BCUT2D eigenvalue weighted by atomic mass is 9.96. The molecule has 0 N–H and O–H groups in total. The Morgan fingerprint density at radius 3 is 2.40 bits per heavy atom. The van der Waals surface area contributed by atoms with Crippen LogP contribution in [0.5, 0.6) is 0 Å². The van der Waals surface area contributed by atoms with Crippen molar-refractivity contribution in [2.75, 3.05) is 18.1 Å². The molecule has 0 unspecified atom stereocenters. The van der Waals surface area contributed by atoms with Crippen LogP contribution in [0, 0.1) is 17.5 Å². The fraction of sp³-hybridized carbons (Fsp3) is 0.296. The first-order valence-corrected chi connectivity index (χ1v) is 14.4. The smallest absolute Gasteiger partial charge is 0.272 e. The standard InChI is InChI=1S/C27H25ClF3N5O3S/c1-39-16-36(40(37,38)26-20(29)10-6-11-21(26)30)23-12-5-9-18(24(23)31)25-19(22-13-14-32-27(28)33-22)15-35(34-25)17-7-3-2-4-8-17/h5-6,9-15,17H,2-4,7-8,16H2,1H3. The number of aromatic nitrogens is 4. The lowest BCUT2D eigenvalue weighted by Crippen LogP contribution is -2.34. The summed E-state index contributed by atoms with van der Waals surface area (Å²) in [5.74, 6) is -3.60. The molecule has 1 fully saturated rings. The second-order valence-electron chi connectivity index (χ2n) is 9.33. The first-order chi connectivity index (χ1) is 19.2. The monoisotopic (exact) mass is 591 g/mol. The average Bonchev–Trinajstić information content (AvgIpc) is 3.38. The molecule has 1 aliphatic rings. The molecule has 4 aromatic rings. The van der Waals surface area contributed by atoms with E-state index < -0.39 is 44.8 Å². The molecule has 0 saturated heterocycles. The van der Waals surface area contributed by atoms with E-state index in [0.717, 1.165) is 50.3 Å². The molecule has 13 heteroatoms. The molecule has 2 aromatic carbocycles. The molecular formula is C27H25ClF3N5O3S. The highest BCUT2D eigenvalue weighted by atomic mass is 35.5. The SMILES string of the molecule is COCN(c1cccc(-c2nn(C3CCCCC3)cc2-c2ccnc(Cl)n2)c1F)S(=O)(=O)c1c(F)cccc1F. The average molecular weight is 592 g/mol. The molecule has 0 bridgehead atoms. The Hall–Kier alpha value is -3.48. The van der Waals surface area contributed by atoms with Gasteiger partial charge in [0.05, 0.1) is 17.4 Å². The summed E-state index contributed by atoms with van der Waals surface area (Å²) in [5, 5.41) is 4.71. The molecule has 8 nitrogen and oxygen atoms in total. The van der Waals surface area contributed by atoms with Crippen LogP contribution in [-0.4, -0.2) is 42.0 Å². The van der Waals surface area contributed by atoms with Crippen molar-refractivity contribution in [1.29, 1.82) is 0 Å². The van der Waals surface area contributed by atoms with E-state index in [1.807, 2.05) is 0 Å². The summed E-state index contributed by atoms with van der Waals surface area (Å²) < 4.78 is 79.6. The maximum Gasteiger partial charge on any atom is 0.272 e. The van der Waals surface area contributed by atoms with Gasteiger partial charge in [0.15, 0.2) is 10.7 Å². The van der Waals surface area contributed by atoms with Gasteiger partial charge in [-0.15, -0.1) is 0 Å². The van der Waals surface area contributed by atoms with Crippen molar-refractivity contribution in [3.05, 3.63) is 77.6 Å². The summed E-state index contributed by atoms with van der Waals surface area (Å²) in [6, 6.07) is 8.43. The molecule has 1 saturated carbocycles. The van der Waals surface area contributed by atoms with Gasteiger partial charge in [-0.3, -0.25) is 4.68 Å². The minimum atomic E-state index is -4.92. The number of methoxy groups -OCH3 is 1. The second kappa shape index (κ2) is 11.6. The topological polar surface area (TPSA) is 90.2 Å². The zero-order valence-corrected chi connectivity index (χ0v) is 23.0. The number of sulfonamides is 1. The number of anilines is 1. The van der Waals surface area contributed by atoms with E-state index in [1.54, 1.807) is 16.9 Å². The van der Waals surface area contributed by atoms with Gasteiger partial charge in [0.25, 0.3) is 10.0 Å². The van der Waals surface area contributed by atoms with Gasteiger partial charge in [0.1, 0.15) is 24.1 Å². The molecular weight excluding hydrogens is 567 g/mol. The Morgan fingerprint density at radius 1 is 1.02 bits per heavy atom. The number of hydrogen-bond donors (Lipinski definition) is 0. The van der Waals surface area contributed by atoms with E-state index in [-0.39, 0.29) is 22.6 Å². The van der Waals surface area contributed by atoms with Gasteiger partial charge < -0.3 is 4.74 Å². The normalized spacial score (nSPS) is 14.4. The fourth-order valence-electron chi connectivity index (χ4n) is 4.92. The highest BCUT2D eigenvalue weighted by molar-refractivity contribution is 7.92.